The van der Waals surface area contributed by atoms with Crippen LogP contribution in [0.1, 0.15) is 11.7 Å². The quantitative estimate of drug-likeness (QED) is 0.875. The second-order valence-electron chi connectivity index (χ2n) is 3.81. The molecule has 4 heteroatoms. The maximum absolute atomic E-state index is 13.7. The van der Waals surface area contributed by atoms with E-state index in [1.807, 2.05) is 0 Å². The molecule has 1 atom stereocenters. The summed E-state index contributed by atoms with van der Waals surface area (Å²) in [5.74, 6) is -1.82. The lowest BCUT2D eigenvalue weighted by atomic mass is 9.96. The minimum Gasteiger partial charge on any atom is -0.479 e. The molecule has 0 bridgehead atoms. The van der Waals surface area contributed by atoms with E-state index >= 15 is 0 Å². The molecular formula is C14H11FO3. The van der Waals surface area contributed by atoms with Crippen LogP contribution in [0.15, 0.2) is 48.5 Å². The molecule has 0 spiro atoms. The predicted octanol–water partition coefficient (Wildman–Crippen LogP) is 2.61. The smallest absolute Gasteiger partial charge is 0.337 e. The van der Waals surface area contributed by atoms with Crippen LogP contribution in [-0.2, 0) is 4.79 Å². The van der Waals surface area contributed by atoms with Gasteiger partial charge in [0.05, 0.1) is 0 Å². The van der Waals surface area contributed by atoms with Gasteiger partial charge in [-0.25, -0.2) is 9.18 Å². The molecule has 2 rings (SSSR count). The Labute approximate surface area is 103 Å². The van der Waals surface area contributed by atoms with Gasteiger partial charge in [0, 0.05) is 5.56 Å². The Hall–Kier alpha value is -2.20. The molecule has 3 nitrogen and oxygen atoms in total. The summed E-state index contributed by atoms with van der Waals surface area (Å²) < 4.78 is 13.7. The van der Waals surface area contributed by atoms with E-state index in [1.165, 1.54) is 12.1 Å². The minimum atomic E-state index is -1.67. The van der Waals surface area contributed by atoms with Gasteiger partial charge in [0.1, 0.15) is 5.82 Å². The predicted molar refractivity (Wildman–Crippen MR) is 64.4 cm³/mol. The van der Waals surface area contributed by atoms with Crippen molar-refractivity contribution >= 4 is 5.97 Å². The molecule has 18 heavy (non-hydrogen) atoms. The third-order valence-corrected chi connectivity index (χ3v) is 2.65. The number of hydrogen-bond donors (Lipinski definition) is 2. The summed E-state index contributed by atoms with van der Waals surface area (Å²) in [6.45, 7) is 0. The van der Waals surface area contributed by atoms with Gasteiger partial charge in [0.25, 0.3) is 0 Å². The van der Waals surface area contributed by atoms with Crippen molar-refractivity contribution in [2.24, 2.45) is 0 Å². The molecule has 0 amide bonds. The van der Waals surface area contributed by atoms with Gasteiger partial charge < -0.3 is 10.2 Å². The van der Waals surface area contributed by atoms with Crippen molar-refractivity contribution in [2.45, 2.75) is 6.10 Å². The van der Waals surface area contributed by atoms with E-state index in [1.54, 1.807) is 36.4 Å². The summed E-state index contributed by atoms with van der Waals surface area (Å²) in [5.41, 5.74) is 0.828. The van der Waals surface area contributed by atoms with Crippen molar-refractivity contribution in [3.63, 3.8) is 0 Å². The number of benzene rings is 2. The Morgan fingerprint density at radius 1 is 1.00 bits per heavy atom. The molecule has 0 saturated heterocycles. The highest BCUT2D eigenvalue weighted by atomic mass is 19.1. The minimum absolute atomic E-state index is 0.176. The van der Waals surface area contributed by atoms with Crippen molar-refractivity contribution in [1.82, 2.24) is 0 Å². The standard InChI is InChI=1S/C14H11FO3/c15-12-8-4-3-6-10(12)9-5-1-2-7-11(9)13(16)14(17)18/h1-8,13,16H,(H,17,18). The Morgan fingerprint density at radius 3 is 2.17 bits per heavy atom. The lowest BCUT2D eigenvalue weighted by molar-refractivity contribution is -0.146. The number of rotatable bonds is 3. The molecule has 1 unspecified atom stereocenters. The first-order valence-corrected chi connectivity index (χ1v) is 5.36. The topological polar surface area (TPSA) is 57.5 Å². The number of carboxylic acid groups (broad SMARTS) is 1. The average molecular weight is 246 g/mol. The SMILES string of the molecule is O=C(O)C(O)c1ccccc1-c1ccccc1F. The van der Waals surface area contributed by atoms with Gasteiger partial charge in [-0.05, 0) is 17.2 Å². The highest BCUT2D eigenvalue weighted by molar-refractivity contribution is 5.79. The molecule has 0 aliphatic heterocycles. The summed E-state index contributed by atoms with van der Waals surface area (Å²) in [5, 5.41) is 18.4. The lowest BCUT2D eigenvalue weighted by Crippen LogP contribution is -2.11. The first kappa shape index (κ1) is 12.3. The summed E-state index contributed by atoms with van der Waals surface area (Å²) in [6.07, 6.45) is -1.67. The van der Waals surface area contributed by atoms with E-state index in [4.69, 9.17) is 5.11 Å². The van der Waals surface area contributed by atoms with Crippen LogP contribution in [0.25, 0.3) is 11.1 Å². The highest BCUT2D eigenvalue weighted by Crippen LogP contribution is 2.30. The van der Waals surface area contributed by atoms with Crippen molar-refractivity contribution < 1.29 is 19.4 Å². The molecule has 0 heterocycles. The van der Waals surface area contributed by atoms with Crippen molar-refractivity contribution in [3.05, 3.63) is 59.9 Å². The van der Waals surface area contributed by atoms with E-state index in [2.05, 4.69) is 0 Å². The molecule has 92 valence electrons. The van der Waals surface area contributed by atoms with Crippen LogP contribution in [0.3, 0.4) is 0 Å². The zero-order valence-electron chi connectivity index (χ0n) is 9.38. The Balaban J connectivity index is 2.59. The van der Waals surface area contributed by atoms with Gasteiger partial charge in [-0.15, -0.1) is 0 Å². The Bertz CT molecular complexity index is 581. The molecule has 0 fully saturated rings. The first-order valence-electron chi connectivity index (χ1n) is 5.36. The van der Waals surface area contributed by atoms with E-state index in [0.717, 1.165) is 0 Å². The molecule has 0 aromatic heterocycles. The molecule has 0 radical (unpaired) electrons. The zero-order chi connectivity index (χ0) is 13.1. The van der Waals surface area contributed by atoms with Crippen LogP contribution in [0, 0.1) is 5.82 Å². The number of carbonyl (C=O) groups is 1. The fourth-order valence-electron chi connectivity index (χ4n) is 1.79. The number of aliphatic hydroxyl groups is 1. The number of hydrogen-bond acceptors (Lipinski definition) is 2. The van der Waals surface area contributed by atoms with E-state index < -0.39 is 17.9 Å². The maximum Gasteiger partial charge on any atom is 0.337 e. The van der Waals surface area contributed by atoms with Crippen LogP contribution in [0.5, 0.6) is 0 Å². The van der Waals surface area contributed by atoms with Gasteiger partial charge in [-0.3, -0.25) is 0 Å². The number of aliphatic hydroxyl groups excluding tert-OH is 1. The zero-order valence-corrected chi connectivity index (χ0v) is 9.38. The molecule has 0 saturated carbocycles. The van der Waals surface area contributed by atoms with Crippen LogP contribution >= 0.6 is 0 Å². The largest absolute Gasteiger partial charge is 0.479 e. The van der Waals surface area contributed by atoms with E-state index in [-0.39, 0.29) is 11.1 Å². The second-order valence-corrected chi connectivity index (χ2v) is 3.81. The summed E-state index contributed by atoms with van der Waals surface area (Å²) in [4.78, 5) is 10.8. The van der Waals surface area contributed by atoms with Crippen molar-refractivity contribution in [1.29, 1.82) is 0 Å². The van der Waals surface area contributed by atoms with E-state index in [9.17, 15) is 14.3 Å². The van der Waals surface area contributed by atoms with Crippen molar-refractivity contribution in [2.75, 3.05) is 0 Å². The Kier molecular flexibility index (Phi) is 3.39. The van der Waals surface area contributed by atoms with Gasteiger partial charge in [-0.2, -0.15) is 0 Å². The molecule has 2 N–H and O–H groups in total. The fraction of sp³-hybridized carbons (Fsp3) is 0.0714. The van der Waals surface area contributed by atoms with Crippen LogP contribution in [-0.4, -0.2) is 16.2 Å². The summed E-state index contributed by atoms with van der Waals surface area (Å²) in [6, 6.07) is 12.4. The summed E-state index contributed by atoms with van der Waals surface area (Å²) in [7, 11) is 0. The molecular weight excluding hydrogens is 235 g/mol. The monoisotopic (exact) mass is 246 g/mol. The van der Waals surface area contributed by atoms with Gasteiger partial charge in [0.15, 0.2) is 6.10 Å². The fourth-order valence-corrected chi connectivity index (χ4v) is 1.79. The van der Waals surface area contributed by atoms with Gasteiger partial charge in [0.2, 0.25) is 0 Å². The third kappa shape index (κ3) is 2.24. The average Bonchev–Trinajstić information content (AvgIpc) is 2.38. The molecule has 2 aromatic rings. The normalized spacial score (nSPS) is 12.1. The summed E-state index contributed by atoms with van der Waals surface area (Å²) >= 11 is 0. The van der Waals surface area contributed by atoms with Crippen LogP contribution in [0.4, 0.5) is 4.39 Å². The highest BCUT2D eigenvalue weighted by Gasteiger charge is 2.20. The number of aliphatic carboxylic acids is 1. The molecule has 0 aliphatic rings. The third-order valence-electron chi connectivity index (χ3n) is 2.65. The Morgan fingerprint density at radius 2 is 1.56 bits per heavy atom. The first-order chi connectivity index (χ1) is 8.61. The lowest BCUT2D eigenvalue weighted by Gasteiger charge is -2.12. The van der Waals surface area contributed by atoms with Gasteiger partial charge in [-0.1, -0.05) is 42.5 Å². The number of carboxylic acids is 1. The van der Waals surface area contributed by atoms with Gasteiger partial charge >= 0.3 is 5.97 Å². The molecule has 2 aromatic carbocycles. The maximum atomic E-state index is 13.7. The number of halogens is 1. The van der Waals surface area contributed by atoms with E-state index in [0.29, 0.717) is 5.56 Å². The van der Waals surface area contributed by atoms with Crippen LogP contribution < -0.4 is 0 Å². The van der Waals surface area contributed by atoms with Crippen LogP contribution in [0.2, 0.25) is 0 Å². The van der Waals surface area contributed by atoms with Crippen molar-refractivity contribution in [3.8, 4) is 11.1 Å². The molecule has 0 aliphatic carbocycles. The second kappa shape index (κ2) is 4.98.